The van der Waals surface area contributed by atoms with Gasteiger partial charge in [0.05, 0.1) is 20.3 Å². The molecule has 0 saturated heterocycles. The van der Waals surface area contributed by atoms with Crippen LogP contribution in [0.3, 0.4) is 0 Å². The van der Waals surface area contributed by atoms with Crippen molar-refractivity contribution in [3.05, 3.63) is 99.5 Å². The summed E-state index contributed by atoms with van der Waals surface area (Å²) in [5.74, 6) is 2.34. The molecule has 0 N–H and O–H groups in total. The molecule has 0 heterocycles. The van der Waals surface area contributed by atoms with Crippen molar-refractivity contribution in [3.63, 3.8) is 0 Å². The van der Waals surface area contributed by atoms with Crippen LogP contribution in [0.1, 0.15) is 29.2 Å². The van der Waals surface area contributed by atoms with E-state index in [1.165, 1.54) is 7.11 Å². The van der Waals surface area contributed by atoms with E-state index in [-0.39, 0.29) is 12.1 Å². The quantitative estimate of drug-likeness (QED) is 0.179. The number of carbonyl (C=O) groups excluding carboxylic acids is 1. The maximum atomic E-state index is 11.2. The lowest BCUT2D eigenvalue weighted by Crippen LogP contribution is -2.09. The number of hydrogen-bond donors (Lipinski definition) is 0. The van der Waals surface area contributed by atoms with E-state index >= 15 is 0 Å². The van der Waals surface area contributed by atoms with Gasteiger partial charge in [-0.3, -0.25) is 4.79 Å². The summed E-state index contributed by atoms with van der Waals surface area (Å²) in [6, 6.07) is 23.3. The van der Waals surface area contributed by atoms with E-state index in [4.69, 9.17) is 32.7 Å². The van der Waals surface area contributed by atoms with Crippen LogP contribution in [0.25, 0.3) is 0 Å². The van der Waals surface area contributed by atoms with E-state index in [1.54, 1.807) is 11.8 Å². The van der Waals surface area contributed by atoms with Crippen molar-refractivity contribution in [3.8, 4) is 5.75 Å². The molecule has 0 spiro atoms. The Morgan fingerprint density at radius 3 is 1.94 bits per heavy atom. The molecular weight excluding hydrogens is 491 g/mol. The third-order valence-corrected chi connectivity index (χ3v) is 6.54. The molecule has 180 valence electrons. The normalized spacial score (nSPS) is 10.9. The Labute approximate surface area is 215 Å². The Kier molecular flexibility index (Phi) is 11.1. The zero-order valence-corrected chi connectivity index (χ0v) is 21.4. The van der Waals surface area contributed by atoms with Gasteiger partial charge >= 0.3 is 5.97 Å². The second-order valence-corrected chi connectivity index (χ2v) is 9.63. The van der Waals surface area contributed by atoms with Crippen LogP contribution in [-0.4, -0.2) is 37.8 Å². The summed E-state index contributed by atoms with van der Waals surface area (Å²) in [5, 5.41) is 1.40. The average Bonchev–Trinajstić information content (AvgIpc) is 2.86. The molecule has 34 heavy (non-hydrogen) atoms. The van der Waals surface area contributed by atoms with Crippen molar-refractivity contribution in [2.75, 3.05) is 31.8 Å². The Hall–Kier alpha value is -2.18. The highest BCUT2D eigenvalue weighted by atomic mass is 35.5. The predicted octanol–water partition coefficient (Wildman–Crippen LogP) is 7.02. The molecule has 3 rings (SSSR count). The van der Waals surface area contributed by atoms with E-state index in [0.29, 0.717) is 36.1 Å². The number of ether oxygens (including phenoxy) is 3. The molecule has 0 atom stereocenters. The molecule has 0 saturated carbocycles. The minimum atomic E-state index is -0.200. The van der Waals surface area contributed by atoms with Crippen LogP contribution in [0, 0.1) is 0 Å². The first-order chi connectivity index (χ1) is 16.5. The van der Waals surface area contributed by atoms with Crippen molar-refractivity contribution in [1.29, 1.82) is 0 Å². The van der Waals surface area contributed by atoms with Gasteiger partial charge in [-0.05, 0) is 59.5 Å². The maximum absolute atomic E-state index is 11.2. The van der Waals surface area contributed by atoms with Crippen LogP contribution in [0.2, 0.25) is 10.0 Å². The Morgan fingerprint density at radius 2 is 1.38 bits per heavy atom. The van der Waals surface area contributed by atoms with Gasteiger partial charge < -0.3 is 14.2 Å². The van der Waals surface area contributed by atoms with Crippen LogP contribution in [0.15, 0.2) is 72.8 Å². The maximum Gasteiger partial charge on any atom is 0.305 e. The molecule has 0 aliphatic carbocycles. The van der Waals surface area contributed by atoms with Gasteiger partial charge in [0.15, 0.2) is 0 Å². The highest BCUT2D eigenvalue weighted by Gasteiger charge is 2.15. The lowest BCUT2D eigenvalue weighted by Gasteiger charge is -2.19. The first kappa shape index (κ1) is 26.4. The van der Waals surface area contributed by atoms with Crippen molar-refractivity contribution >= 4 is 40.9 Å². The van der Waals surface area contributed by atoms with Crippen LogP contribution < -0.4 is 4.74 Å². The summed E-state index contributed by atoms with van der Waals surface area (Å²) in [4.78, 5) is 11.2. The third kappa shape index (κ3) is 8.88. The van der Waals surface area contributed by atoms with E-state index in [9.17, 15) is 4.79 Å². The summed E-state index contributed by atoms with van der Waals surface area (Å²) in [6.45, 7) is 1.22. The third-order valence-electron chi connectivity index (χ3n) is 5.12. The molecule has 0 aliphatic heterocycles. The van der Waals surface area contributed by atoms with Crippen molar-refractivity contribution in [2.24, 2.45) is 0 Å². The predicted molar refractivity (Wildman–Crippen MR) is 140 cm³/mol. The first-order valence-corrected chi connectivity index (χ1v) is 12.9. The zero-order chi connectivity index (χ0) is 24.2. The highest BCUT2D eigenvalue weighted by Crippen LogP contribution is 2.28. The highest BCUT2D eigenvalue weighted by molar-refractivity contribution is 7.99. The van der Waals surface area contributed by atoms with Gasteiger partial charge in [-0.2, -0.15) is 11.8 Å². The molecule has 7 heteroatoms. The fraction of sp³-hybridized carbons (Fsp3) is 0.296. The fourth-order valence-corrected chi connectivity index (χ4v) is 4.18. The van der Waals surface area contributed by atoms with Gasteiger partial charge in [0.25, 0.3) is 0 Å². The second kappa shape index (κ2) is 14.3. The van der Waals surface area contributed by atoms with Gasteiger partial charge in [0.1, 0.15) is 11.9 Å². The van der Waals surface area contributed by atoms with Crippen LogP contribution in [0.5, 0.6) is 5.75 Å². The lowest BCUT2D eigenvalue weighted by molar-refractivity contribution is -0.140. The minimum Gasteiger partial charge on any atom is -0.493 e. The van der Waals surface area contributed by atoms with Crippen LogP contribution in [-0.2, 0) is 20.7 Å². The number of thioether (sulfide) groups is 1. The van der Waals surface area contributed by atoms with E-state index < -0.39 is 0 Å². The standard InChI is InChI=1S/C27H28Cl2O4S/c1-31-26(30)15-4-20-2-13-25(14-3-20)32-16-18-34-19-17-33-27(21-5-9-23(28)10-6-21)22-7-11-24(29)12-8-22/h2-3,5-14,27H,4,15-19H2,1H3. The zero-order valence-electron chi connectivity index (χ0n) is 19.0. The summed E-state index contributed by atoms with van der Waals surface area (Å²) >= 11 is 13.9. The molecule has 0 aromatic heterocycles. The summed E-state index contributed by atoms with van der Waals surface area (Å²) in [5.41, 5.74) is 3.19. The molecule has 0 aliphatic rings. The Balaban J connectivity index is 1.39. The summed E-state index contributed by atoms with van der Waals surface area (Å²) in [6.07, 6.45) is 0.867. The number of hydrogen-bond acceptors (Lipinski definition) is 5. The minimum absolute atomic E-state index is 0.177. The number of halogens is 2. The molecule has 0 unspecified atom stereocenters. The van der Waals surface area contributed by atoms with Gasteiger partial charge in [-0.1, -0.05) is 59.6 Å². The van der Waals surface area contributed by atoms with Gasteiger partial charge in [-0.15, -0.1) is 0 Å². The van der Waals surface area contributed by atoms with Crippen molar-refractivity contribution in [2.45, 2.75) is 18.9 Å². The monoisotopic (exact) mass is 518 g/mol. The van der Waals surface area contributed by atoms with Crippen LogP contribution >= 0.6 is 35.0 Å². The van der Waals surface area contributed by atoms with Gasteiger partial charge in [-0.25, -0.2) is 0 Å². The molecular formula is C27H28Cl2O4S. The molecule has 3 aromatic rings. The average molecular weight is 519 g/mol. The second-order valence-electron chi connectivity index (χ2n) is 7.53. The molecule has 0 fully saturated rings. The van der Waals surface area contributed by atoms with Gasteiger partial charge in [0.2, 0.25) is 0 Å². The first-order valence-electron chi connectivity index (χ1n) is 11.0. The molecule has 0 radical (unpaired) electrons. The van der Waals surface area contributed by atoms with Gasteiger partial charge in [0, 0.05) is 28.0 Å². The number of methoxy groups -OCH3 is 1. The Bertz CT molecular complexity index is 963. The molecule has 0 bridgehead atoms. The van der Waals surface area contributed by atoms with E-state index in [0.717, 1.165) is 33.9 Å². The van der Waals surface area contributed by atoms with Crippen LogP contribution in [0.4, 0.5) is 0 Å². The number of esters is 1. The fourth-order valence-electron chi connectivity index (χ4n) is 3.31. The molecule has 4 nitrogen and oxygen atoms in total. The van der Waals surface area contributed by atoms with E-state index in [2.05, 4.69) is 4.74 Å². The SMILES string of the molecule is COC(=O)CCc1ccc(OCCSCCOC(c2ccc(Cl)cc2)c2ccc(Cl)cc2)cc1. The van der Waals surface area contributed by atoms with Crippen molar-refractivity contribution in [1.82, 2.24) is 0 Å². The summed E-state index contributed by atoms with van der Waals surface area (Å²) < 4.78 is 16.7. The number of carbonyl (C=O) groups is 1. The Morgan fingerprint density at radius 1 is 0.824 bits per heavy atom. The largest absolute Gasteiger partial charge is 0.493 e. The molecule has 0 amide bonds. The lowest BCUT2D eigenvalue weighted by atomic mass is 10.0. The summed E-state index contributed by atoms with van der Waals surface area (Å²) in [7, 11) is 1.40. The molecule has 3 aromatic carbocycles. The number of benzene rings is 3. The van der Waals surface area contributed by atoms with E-state index in [1.807, 2.05) is 72.8 Å². The smallest absolute Gasteiger partial charge is 0.305 e. The number of rotatable bonds is 13. The topological polar surface area (TPSA) is 44.8 Å². The van der Waals surface area contributed by atoms with Crippen molar-refractivity contribution < 1.29 is 19.0 Å². The number of aryl methyl sites for hydroxylation is 1.